The first-order valence-electron chi connectivity index (χ1n) is 11.0. The van der Waals surface area contributed by atoms with E-state index in [0.717, 1.165) is 27.8 Å². The molecule has 0 fully saturated rings. The van der Waals surface area contributed by atoms with Crippen LogP contribution >= 0.6 is 0 Å². The highest BCUT2D eigenvalue weighted by Gasteiger charge is 2.29. The van der Waals surface area contributed by atoms with Gasteiger partial charge in [-0.15, -0.1) is 0 Å². The van der Waals surface area contributed by atoms with Gasteiger partial charge in [-0.05, 0) is 47.2 Å². The average Bonchev–Trinajstić information content (AvgIpc) is 3.15. The fourth-order valence-electron chi connectivity index (χ4n) is 4.49. The van der Waals surface area contributed by atoms with Crippen molar-refractivity contribution in [3.05, 3.63) is 94.5 Å². The number of nitrogens with one attached hydrogen (secondary N) is 1. The number of hydrogen-bond acceptors (Lipinski definition) is 5. The second-order valence-corrected chi connectivity index (χ2v) is 8.20. The van der Waals surface area contributed by atoms with Crippen molar-refractivity contribution in [2.75, 3.05) is 13.2 Å². The third-order valence-corrected chi connectivity index (χ3v) is 6.16. The van der Waals surface area contributed by atoms with Gasteiger partial charge in [0.2, 0.25) is 0 Å². The number of nitriles is 1. The molecule has 3 N–H and O–H groups in total. The Morgan fingerprint density at radius 1 is 1.03 bits per heavy atom. The number of carbonyl (C=O) groups is 1. The first-order valence-corrected chi connectivity index (χ1v) is 11.0. The van der Waals surface area contributed by atoms with Crippen LogP contribution in [0.3, 0.4) is 0 Å². The van der Waals surface area contributed by atoms with Crippen LogP contribution in [0, 0.1) is 18.3 Å². The summed E-state index contributed by atoms with van der Waals surface area (Å²) in [4.78, 5) is 12.3. The summed E-state index contributed by atoms with van der Waals surface area (Å²) in [5.41, 5.74) is 6.05. The molecular formula is C27H26N2O4. The maximum absolute atomic E-state index is 12.3. The molecule has 33 heavy (non-hydrogen) atoms. The number of aryl methyl sites for hydroxylation is 1. The van der Waals surface area contributed by atoms with E-state index in [0.29, 0.717) is 11.1 Å². The molecule has 2 unspecified atom stereocenters. The van der Waals surface area contributed by atoms with E-state index in [1.807, 2.05) is 30.3 Å². The fourth-order valence-corrected chi connectivity index (χ4v) is 4.49. The van der Waals surface area contributed by atoms with Gasteiger partial charge in [-0.2, -0.15) is 5.26 Å². The van der Waals surface area contributed by atoms with Gasteiger partial charge in [-0.1, -0.05) is 60.7 Å². The molecule has 3 aromatic carbocycles. The van der Waals surface area contributed by atoms with Gasteiger partial charge in [-0.3, -0.25) is 0 Å². The van der Waals surface area contributed by atoms with Gasteiger partial charge in [0.15, 0.2) is 0 Å². The SMILES string of the molecule is Cc1cccc(C#N)c1C(O)C(O)CCNC(=O)OCC1c2ccccc2-c2ccccc21. The van der Waals surface area contributed by atoms with Crippen LogP contribution in [0.15, 0.2) is 66.7 Å². The molecule has 1 aliphatic carbocycles. The Morgan fingerprint density at radius 3 is 2.30 bits per heavy atom. The maximum Gasteiger partial charge on any atom is 0.407 e. The molecule has 0 radical (unpaired) electrons. The monoisotopic (exact) mass is 442 g/mol. The zero-order valence-corrected chi connectivity index (χ0v) is 18.4. The Bertz CT molecular complexity index is 1160. The Morgan fingerprint density at radius 2 is 1.67 bits per heavy atom. The Hall–Kier alpha value is -3.66. The summed E-state index contributed by atoms with van der Waals surface area (Å²) in [5, 5.41) is 32.8. The van der Waals surface area contributed by atoms with Crippen LogP contribution in [-0.2, 0) is 4.74 Å². The number of nitrogens with zero attached hydrogens (tertiary/aromatic N) is 1. The van der Waals surface area contributed by atoms with Crippen LogP contribution in [0.4, 0.5) is 4.79 Å². The molecule has 6 heteroatoms. The van der Waals surface area contributed by atoms with Gasteiger partial charge in [0, 0.05) is 18.0 Å². The highest BCUT2D eigenvalue weighted by Crippen LogP contribution is 2.44. The van der Waals surface area contributed by atoms with E-state index in [1.165, 1.54) is 0 Å². The van der Waals surface area contributed by atoms with Gasteiger partial charge in [0.25, 0.3) is 0 Å². The number of amides is 1. The number of ether oxygens (including phenoxy) is 1. The minimum absolute atomic E-state index is 0.0268. The number of aliphatic hydroxyl groups excluding tert-OH is 2. The van der Waals surface area contributed by atoms with E-state index in [9.17, 15) is 20.3 Å². The summed E-state index contributed by atoms with van der Waals surface area (Å²) in [5.74, 6) is -0.0268. The summed E-state index contributed by atoms with van der Waals surface area (Å²) < 4.78 is 5.48. The lowest BCUT2D eigenvalue weighted by molar-refractivity contribution is 0.0131. The Labute approximate surface area is 193 Å². The van der Waals surface area contributed by atoms with Crippen molar-refractivity contribution >= 4 is 6.09 Å². The fraction of sp³-hybridized carbons (Fsp3) is 0.259. The molecule has 3 aromatic rings. The Balaban J connectivity index is 1.31. The van der Waals surface area contributed by atoms with Crippen molar-refractivity contribution in [3.8, 4) is 17.2 Å². The molecular weight excluding hydrogens is 416 g/mol. The number of benzene rings is 3. The summed E-state index contributed by atoms with van der Waals surface area (Å²) in [6.07, 6.45) is -2.81. The predicted octanol–water partition coefficient (Wildman–Crippen LogP) is 4.19. The van der Waals surface area contributed by atoms with E-state index in [2.05, 4.69) is 29.6 Å². The number of alkyl carbamates (subject to hydrolysis) is 1. The molecule has 2 atom stereocenters. The number of hydrogen-bond donors (Lipinski definition) is 3. The summed E-state index contributed by atoms with van der Waals surface area (Å²) >= 11 is 0. The normalized spacial score (nSPS) is 14.0. The molecule has 0 heterocycles. The zero-order valence-electron chi connectivity index (χ0n) is 18.4. The van der Waals surface area contributed by atoms with E-state index < -0.39 is 18.3 Å². The molecule has 0 saturated carbocycles. The molecule has 0 bridgehead atoms. The largest absolute Gasteiger partial charge is 0.449 e. The van der Waals surface area contributed by atoms with Crippen molar-refractivity contribution in [1.82, 2.24) is 5.32 Å². The van der Waals surface area contributed by atoms with Crippen LogP contribution in [0.5, 0.6) is 0 Å². The topological polar surface area (TPSA) is 103 Å². The van der Waals surface area contributed by atoms with Crippen LogP contribution in [0.25, 0.3) is 11.1 Å². The van der Waals surface area contributed by atoms with Crippen molar-refractivity contribution in [2.45, 2.75) is 31.5 Å². The average molecular weight is 443 g/mol. The highest BCUT2D eigenvalue weighted by atomic mass is 16.5. The van der Waals surface area contributed by atoms with Gasteiger partial charge in [-0.25, -0.2) is 4.79 Å². The van der Waals surface area contributed by atoms with Crippen LogP contribution < -0.4 is 5.32 Å². The smallest absolute Gasteiger partial charge is 0.407 e. The zero-order chi connectivity index (χ0) is 23.4. The predicted molar refractivity (Wildman–Crippen MR) is 125 cm³/mol. The molecule has 0 saturated heterocycles. The van der Waals surface area contributed by atoms with Gasteiger partial charge in [0.1, 0.15) is 12.7 Å². The van der Waals surface area contributed by atoms with Crippen molar-refractivity contribution in [2.24, 2.45) is 0 Å². The van der Waals surface area contributed by atoms with Crippen LogP contribution in [0.1, 0.15) is 46.3 Å². The van der Waals surface area contributed by atoms with Crippen molar-refractivity contribution < 1.29 is 19.7 Å². The lowest BCUT2D eigenvalue weighted by atomic mass is 9.93. The van der Waals surface area contributed by atoms with Crippen molar-refractivity contribution in [1.29, 1.82) is 5.26 Å². The molecule has 0 aliphatic heterocycles. The summed E-state index contributed by atoms with van der Waals surface area (Å²) in [6.45, 7) is 2.11. The summed E-state index contributed by atoms with van der Waals surface area (Å²) in [7, 11) is 0. The van der Waals surface area contributed by atoms with Gasteiger partial charge in [0.05, 0.1) is 17.7 Å². The van der Waals surface area contributed by atoms with E-state index in [4.69, 9.17) is 4.74 Å². The number of carbonyl (C=O) groups excluding carboxylic acids is 1. The van der Waals surface area contributed by atoms with Gasteiger partial charge >= 0.3 is 6.09 Å². The summed E-state index contributed by atoms with van der Waals surface area (Å²) in [6, 6.07) is 23.4. The van der Waals surface area contributed by atoms with Crippen LogP contribution in [0.2, 0.25) is 0 Å². The highest BCUT2D eigenvalue weighted by molar-refractivity contribution is 5.79. The molecule has 4 rings (SSSR count). The molecule has 1 aliphatic rings. The lowest BCUT2D eigenvalue weighted by Gasteiger charge is -2.21. The minimum Gasteiger partial charge on any atom is -0.449 e. The second kappa shape index (κ2) is 9.86. The van der Waals surface area contributed by atoms with Gasteiger partial charge < -0.3 is 20.3 Å². The molecule has 0 spiro atoms. The van der Waals surface area contributed by atoms with E-state index >= 15 is 0 Å². The van der Waals surface area contributed by atoms with E-state index in [1.54, 1.807) is 25.1 Å². The first kappa shape index (κ1) is 22.5. The standard InChI is InChI=1S/C27H26N2O4/c1-17-7-6-8-18(15-28)25(17)26(31)24(30)13-14-29-27(32)33-16-23-21-11-4-2-9-19(21)20-10-3-5-12-22(20)23/h2-12,23-24,26,30-31H,13-14,16H2,1H3,(H,29,32). The van der Waals surface area contributed by atoms with Crippen molar-refractivity contribution in [3.63, 3.8) is 0 Å². The minimum atomic E-state index is -1.22. The van der Waals surface area contributed by atoms with E-state index in [-0.39, 0.29) is 25.5 Å². The molecule has 168 valence electrons. The molecule has 6 nitrogen and oxygen atoms in total. The lowest BCUT2D eigenvalue weighted by Crippen LogP contribution is -2.31. The maximum atomic E-state index is 12.3. The quantitative estimate of drug-likeness (QED) is 0.509. The number of rotatable bonds is 7. The number of aliphatic hydroxyl groups is 2. The molecule has 0 aromatic heterocycles. The number of fused-ring (bicyclic) bond motifs is 3. The third-order valence-electron chi connectivity index (χ3n) is 6.16. The second-order valence-electron chi connectivity index (χ2n) is 8.20. The first-order chi connectivity index (χ1) is 16.0. The molecule has 1 amide bonds. The van der Waals surface area contributed by atoms with Crippen LogP contribution in [-0.4, -0.2) is 35.6 Å². The Kier molecular flexibility index (Phi) is 6.74. The third kappa shape index (κ3) is 4.61.